The molecule has 136 valence electrons. The summed E-state index contributed by atoms with van der Waals surface area (Å²) in [6, 6.07) is 2.28. The van der Waals surface area contributed by atoms with E-state index in [1.54, 1.807) is 4.90 Å². The Bertz CT molecular complexity index is 691. The van der Waals surface area contributed by atoms with E-state index in [-0.39, 0.29) is 33.5 Å². The summed E-state index contributed by atoms with van der Waals surface area (Å²) in [7, 11) is 0. The van der Waals surface area contributed by atoms with Gasteiger partial charge in [0.1, 0.15) is 5.82 Å². The summed E-state index contributed by atoms with van der Waals surface area (Å²) in [5.74, 6) is -2.24. The number of hydrogen-bond donors (Lipinski definition) is 1. The van der Waals surface area contributed by atoms with Crippen LogP contribution < -0.4 is 0 Å². The summed E-state index contributed by atoms with van der Waals surface area (Å²) in [6.07, 6.45) is 1.52. The van der Waals surface area contributed by atoms with Crippen LogP contribution in [0.1, 0.15) is 29.6 Å². The number of hydrogen-bond acceptors (Lipinski definition) is 3. The second kappa shape index (κ2) is 7.48. The zero-order valence-corrected chi connectivity index (χ0v) is 14.9. The maximum absolute atomic E-state index is 13.6. The highest BCUT2D eigenvalue weighted by Crippen LogP contribution is 2.34. The van der Waals surface area contributed by atoms with Crippen LogP contribution in [0, 0.1) is 17.7 Å². The summed E-state index contributed by atoms with van der Waals surface area (Å²) < 4.78 is 19.3. The number of piperidine rings is 1. The quantitative estimate of drug-likeness (QED) is 0.803. The second-order valence-electron chi connectivity index (χ2n) is 6.44. The molecular formula is C17H18Cl2FNO4. The molecule has 1 unspecified atom stereocenters. The van der Waals surface area contributed by atoms with Gasteiger partial charge in [-0.25, -0.2) is 4.39 Å². The largest absolute Gasteiger partial charge is 0.481 e. The third-order valence-electron chi connectivity index (χ3n) is 4.98. The molecule has 0 bridgehead atoms. The van der Waals surface area contributed by atoms with Gasteiger partial charge in [0.05, 0.1) is 27.6 Å². The third kappa shape index (κ3) is 3.76. The lowest BCUT2D eigenvalue weighted by molar-refractivity contribution is -0.145. The Morgan fingerprint density at radius 2 is 1.84 bits per heavy atom. The van der Waals surface area contributed by atoms with E-state index in [4.69, 9.17) is 27.9 Å². The molecule has 8 heteroatoms. The highest BCUT2D eigenvalue weighted by Gasteiger charge is 2.41. The van der Waals surface area contributed by atoms with Crippen molar-refractivity contribution in [1.29, 1.82) is 0 Å². The molecule has 25 heavy (non-hydrogen) atoms. The van der Waals surface area contributed by atoms with Gasteiger partial charge in [0.15, 0.2) is 0 Å². The fraction of sp³-hybridized carbons (Fsp3) is 0.529. The molecule has 1 aromatic carbocycles. The van der Waals surface area contributed by atoms with E-state index in [1.807, 2.05) is 0 Å². The number of ether oxygens (including phenoxy) is 1. The van der Waals surface area contributed by atoms with E-state index in [0.29, 0.717) is 39.0 Å². The van der Waals surface area contributed by atoms with E-state index in [2.05, 4.69) is 0 Å². The number of nitrogens with zero attached hydrogens (tertiary/aromatic N) is 1. The van der Waals surface area contributed by atoms with Crippen molar-refractivity contribution in [2.75, 3.05) is 19.7 Å². The van der Waals surface area contributed by atoms with Crippen molar-refractivity contribution >= 4 is 35.1 Å². The Kier molecular flexibility index (Phi) is 5.51. The van der Waals surface area contributed by atoms with Gasteiger partial charge >= 0.3 is 5.97 Å². The fourth-order valence-electron chi connectivity index (χ4n) is 3.63. The number of benzene rings is 1. The average Bonchev–Trinajstić information content (AvgIpc) is 3.08. The van der Waals surface area contributed by atoms with Crippen molar-refractivity contribution in [2.24, 2.45) is 11.8 Å². The van der Waals surface area contributed by atoms with Gasteiger partial charge in [-0.2, -0.15) is 0 Å². The van der Waals surface area contributed by atoms with Crippen molar-refractivity contribution in [3.05, 3.63) is 33.6 Å². The van der Waals surface area contributed by atoms with Gasteiger partial charge < -0.3 is 14.7 Å². The smallest absolute Gasteiger partial charge is 0.309 e. The molecule has 0 aliphatic carbocycles. The minimum Gasteiger partial charge on any atom is -0.481 e. The number of likely N-dealkylation sites (tertiary alicyclic amines) is 1. The second-order valence-corrected chi connectivity index (χ2v) is 7.26. The number of carboxylic acid groups (broad SMARTS) is 1. The van der Waals surface area contributed by atoms with Gasteiger partial charge in [-0.05, 0) is 37.3 Å². The maximum atomic E-state index is 13.6. The first kappa shape index (κ1) is 18.4. The highest BCUT2D eigenvalue weighted by atomic mass is 35.5. The SMILES string of the molecule is O=C(O)C1CCO[C@H]1C1CCN(C(=O)c2cc(F)c(Cl)cc2Cl)CC1. The minimum atomic E-state index is -0.829. The number of rotatable bonds is 3. The van der Waals surface area contributed by atoms with E-state index in [9.17, 15) is 19.1 Å². The summed E-state index contributed by atoms with van der Waals surface area (Å²) in [4.78, 5) is 25.5. The highest BCUT2D eigenvalue weighted by molar-refractivity contribution is 6.36. The molecule has 2 saturated heterocycles. The molecule has 1 aromatic rings. The summed E-state index contributed by atoms with van der Waals surface area (Å²) in [5, 5.41) is 9.26. The predicted molar refractivity (Wildman–Crippen MR) is 90.5 cm³/mol. The molecule has 1 amide bonds. The molecule has 0 aromatic heterocycles. The first-order valence-electron chi connectivity index (χ1n) is 8.16. The first-order chi connectivity index (χ1) is 11.9. The molecule has 0 radical (unpaired) electrons. The molecule has 2 atom stereocenters. The molecule has 2 aliphatic heterocycles. The van der Waals surface area contributed by atoms with Crippen LogP contribution in [-0.2, 0) is 9.53 Å². The van der Waals surface area contributed by atoms with E-state index in [0.717, 1.165) is 6.07 Å². The number of carbonyl (C=O) groups excluding carboxylic acids is 1. The van der Waals surface area contributed by atoms with Crippen LogP contribution in [0.25, 0.3) is 0 Å². The number of carbonyl (C=O) groups is 2. The van der Waals surface area contributed by atoms with Crippen LogP contribution in [0.15, 0.2) is 12.1 Å². The number of amides is 1. The van der Waals surface area contributed by atoms with Crippen molar-refractivity contribution in [1.82, 2.24) is 4.90 Å². The lowest BCUT2D eigenvalue weighted by atomic mass is 9.84. The van der Waals surface area contributed by atoms with Gasteiger partial charge in [0.25, 0.3) is 5.91 Å². The maximum Gasteiger partial charge on any atom is 0.309 e. The first-order valence-corrected chi connectivity index (χ1v) is 8.92. The van der Waals surface area contributed by atoms with Crippen LogP contribution in [0.4, 0.5) is 4.39 Å². The zero-order chi connectivity index (χ0) is 18.1. The Morgan fingerprint density at radius 3 is 2.48 bits per heavy atom. The Morgan fingerprint density at radius 1 is 1.16 bits per heavy atom. The van der Waals surface area contributed by atoms with Crippen LogP contribution in [0.5, 0.6) is 0 Å². The number of halogens is 3. The van der Waals surface area contributed by atoms with Crippen LogP contribution >= 0.6 is 23.2 Å². The van der Waals surface area contributed by atoms with Gasteiger partial charge in [-0.3, -0.25) is 9.59 Å². The van der Waals surface area contributed by atoms with Crippen LogP contribution in [0.2, 0.25) is 10.0 Å². The monoisotopic (exact) mass is 389 g/mol. The molecular weight excluding hydrogens is 372 g/mol. The molecule has 5 nitrogen and oxygen atoms in total. The lowest BCUT2D eigenvalue weighted by Crippen LogP contribution is -2.43. The normalized spacial score (nSPS) is 24.5. The molecule has 1 N–H and O–H groups in total. The predicted octanol–water partition coefficient (Wildman–Crippen LogP) is 3.47. The average molecular weight is 390 g/mol. The lowest BCUT2D eigenvalue weighted by Gasteiger charge is -2.35. The van der Waals surface area contributed by atoms with Crippen LogP contribution in [0.3, 0.4) is 0 Å². The fourth-order valence-corrected chi connectivity index (χ4v) is 4.09. The molecule has 0 spiro atoms. The van der Waals surface area contributed by atoms with E-state index in [1.165, 1.54) is 6.07 Å². The topological polar surface area (TPSA) is 66.8 Å². The minimum absolute atomic E-state index is 0.0857. The Balaban J connectivity index is 1.65. The van der Waals surface area contributed by atoms with Crippen molar-refractivity contribution in [3.8, 4) is 0 Å². The molecule has 2 heterocycles. The standard InChI is InChI=1S/C17H18Cl2FNO4/c18-12-8-13(19)14(20)7-11(12)16(22)21-4-1-9(2-5-21)15-10(17(23)24)3-6-25-15/h7-10,15H,1-6H2,(H,23,24)/t10?,15-/m0/s1. The van der Waals surface area contributed by atoms with E-state index < -0.39 is 17.7 Å². The number of carboxylic acids is 1. The van der Waals surface area contributed by atoms with Crippen LogP contribution in [-0.4, -0.2) is 47.7 Å². The van der Waals surface area contributed by atoms with Gasteiger partial charge in [-0.1, -0.05) is 23.2 Å². The summed E-state index contributed by atoms with van der Waals surface area (Å²) in [5.41, 5.74) is 0.0857. The van der Waals surface area contributed by atoms with Gasteiger partial charge in [0, 0.05) is 19.7 Å². The molecule has 0 saturated carbocycles. The van der Waals surface area contributed by atoms with Crippen molar-refractivity contribution in [3.63, 3.8) is 0 Å². The Hall–Kier alpha value is -1.37. The summed E-state index contributed by atoms with van der Waals surface area (Å²) in [6.45, 7) is 1.37. The molecule has 3 rings (SSSR count). The van der Waals surface area contributed by atoms with Gasteiger partial charge in [0.2, 0.25) is 0 Å². The molecule has 2 aliphatic rings. The number of aliphatic carboxylic acids is 1. The zero-order valence-electron chi connectivity index (χ0n) is 13.4. The van der Waals surface area contributed by atoms with Crippen molar-refractivity contribution < 1.29 is 23.8 Å². The third-order valence-corrected chi connectivity index (χ3v) is 5.59. The molecule has 2 fully saturated rings. The summed E-state index contributed by atoms with van der Waals surface area (Å²) >= 11 is 11.7. The van der Waals surface area contributed by atoms with E-state index >= 15 is 0 Å². The van der Waals surface area contributed by atoms with Crippen molar-refractivity contribution in [2.45, 2.75) is 25.4 Å². The Labute approximate surface area is 154 Å². The van der Waals surface area contributed by atoms with Gasteiger partial charge in [-0.15, -0.1) is 0 Å².